The van der Waals surface area contributed by atoms with Crippen LogP contribution in [0.25, 0.3) is 0 Å². The molecule has 0 saturated heterocycles. The second-order valence-corrected chi connectivity index (χ2v) is 5.07. The first kappa shape index (κ1) is 14.8. The van der Waals surface area contributed by atoms with Crippen molar-refractivity contribution < 1.29 is 4.74 Å². The van der Waals surface area contributed by atoms with Gasteiger partial charge in [-0.2, -0.15) is 15.0 Å². The number of hydrogen-bond acceptors (Lipinski definition) is 7. The van der Waals surface area contributed by atoms with Crippen molar-refractivity contribution in [3.63, 3.8) is 0 Å². The van der Waals surface area contributed by atoms with Gasteiger partial charge >= 0.3 is 6.01 Å². The fourth-order valence-electron chi connectivity index (χ4n) is 2.15. The van der Waals surface area contributed by atoms with Crippen LogP contribution in [0.5, 0.6) is 6.01 Å². The van der Waals surface area contributed by atoms with E-state index in [1.54, 1.807) is 0 Å². The van der Waals surface area contributed by atoms with E-state index < -0.39 is 0 Å². The fourth-order valence-corrected chi connectivity index (χ4v) is 2.15. The van der Waals surface area contributed by atoms with Crippen molar-refractivity contribution in [1.29, 1.82) is 0 Å². The average Bonchev–Trinajstić information content (AvgIpc) is 2.43. The molecule has 112 valence electrons. The van der Waals surface area contributed by atoms with Crippen molar-refractivity contribution in [1.82, 2.24) is 15.0 Å². The van der Waals surface area contributed by atoms with Gasteiger partial charge in [0.05, 0.1) is 6.61 Å². The van der Waals surface area contributed by atoms with Crippen LogP contribution in [-0.4, -0.2) is 34.6 Å². The molecule has 20 heavy (non-hydrogen) atoms. The number of hydrazine groups is 1. The van der Waals surface area contributed by atoms with Crippen LogP contribution in [0.2, 0.25) is 0 Å². The zero-order chi connectivity index (χ0) is 14.4. The summed E-state index contributed by atoms with van der Waals surface area (Å²) >= 11 is 0. The number of nitrogens with two attached hydrogens (primary N) is 1. The van der Waals surface area contributed by atoms with E-state index in [2.05, 4.69) is 32.2 Å². The Hall–Kier alpha value is -1.63. The molecular formula is C13H24N6O. The smallest absolute Gasteiger partial charge is 0.323 e. The third-order valence-corrected chi connectivity index (χ3v) is 3.54. The average molecular weight is 280 g/mol. The molecule has 0 unspecified atom stereocenters. The first-order valence-electron chi connectivity index (χ1n) is 7.37. The molecule has 1 aromatic rings. The van der Waals surface area contributed by atoms with Gasteiger partial charge in [0.25, 0.3) is 0 Å². The lowest BCUT2D eigenvalue weighted by atomic mass is 9.85. The summed E-state index contributed by atoms with van der Waals surface area (Å²) in [6.45, 7) is 6.57. The Morgan fingerprint density at radius 2 is 2.10 bits per heavy atom. The van der Waals surface area contributed by atoms with Crippen LogP contribution < -0.4 is 20.9 Å². The van der Waals surface area contributed by atoms with Crippen molar-refractivity contribution in [3.05, 3.63) is 0 Å². The maximum Gasteiger partial charge on any atom is 0.323 e. The van der Waals surface area contributed by atoms with E-state index in [9.17, 15) is 0 Å². The van der Waals surface area contributed by atoms with E-state index in [-0.39, 0.29) is 0 Å². The van der Waals surface area contributed by atoms with Gasteiger partial charge in [0.1, 0.15) is 0 Å². The van der Waals surface area contributed by atoms with Gasteiger partial charge in [0.2, 0.25) is 11.9 Å². The summed E-state index contributed by atoms with van der Waals surface area (Å²) in [5.74, 6) is 7.14. The maximum absolute atomic E-state index is 5.49. The number of aromatic nitrogens is 3. The minimum atomic E-state index is 0.330. The van der Waals surface area contributed by atoms with Crippen molar-refractivity contribution in [2.24, 2.45) is 11.8 Å². The third-order valence-electron chi connectivity index (χ3n) is 3.54. The molecule has 0 aliphatic heterocycles. The number of rotatable bonds is 8. The highest BCUT2D eigenvalue weighted by Crippen LogP contribution is 2.28. The molecule has 7 heteroatoms. The number of anilines is 2. The lowest BCUT2D eigenvalue weighted by Crippen LogP contribution is -2.34. The summed E-state index contributed by atoms with van der Waals surface area (Å²) in [7, 11) is 0. The number of ether oxygens (including phenoxy) is 1. The van der Waals surface area contributed by atoms with Crippen LogP contribution in [-0.2, 0) is 0 Å². The van der Waals surface area contributed by atoms with Crippen molar-refractivity contribution in [2.45, 2.75) is 39.5 Å². The van der Waals surface area contributed by atoms with Crippen LogP contribution in [0.15, 0.2) is 0 Å². The van der Waals surface area contributed by atoms with Gasteiger partial charge in [0.15, 0.2) is 0 Å². The first-order chi connectivity index (χ1) is 9.76. The highest BCUT2D eigenvalue weighted by Gasteiger charge is 2.22. The third kappa shape index (κ3) is 3.69. The standard InChI is InChI=1S/C13H24N6O/c1-3-8-20-13-16-11(18-14)15-12(17-13)19(4-2)9-10-6-5-7-10/h10H,3-9,14H2,1-2H3,(H,15,16,17,18). The molecule has 0 spiro atoms. The first-order valence-corrected chi connectivity index (χ1v) is 7.37. The SMILES string of the molecule is CCCOc1nc(NN)nc(N(CC)CC2CCC2)n1. The summed E-state index contributed by atoms with van der Waals surface area (Å²) in [6, 6.07) is 0.330. The maximum atomic E-state index is 5.49. The number of nitrogens with one attached hydrogen (secondary N) is 1. The van der Waals surface area contributed by atoms with Gasteiger partial charge in [0, 0.05) is 13.1 Å². The van der Waals surface area contributed by atoms with E-state index in [4.69, 9.17) is 10.6 Å². The molecule has 0 aromatic carbocycles. The van der Waals surface area contributed by atoms with Crippen LogP contribution in [0.1, 0.15) is 39.5 Å². The zero-order valence-corrected chi connectivity index (χ0v) is 12.3. The molecule has 0 atom stereocenters. The van der Waals surface area contributed by atoms with Gasteiger partial charge in [-0.3, -0.25) is 5.43 Å². The molecule has 0 radical (unpaired) electrons. The van der Waals surface area contributed by atoms with E-state index >= 15 is 0 Å². The number of hydrogen-bond donors (Lipinski definition) is 2. The van der Waals surface area contributed by atoms with Crippen molar-refractivity contribution in [2.75, 3.05) is 30.0 Å². The Balaban J connectivity index is 2.13. The zero-order valence-electron chi connectivity index (χ0n) is 12.3. The predicted molar refractivity (Wildman–Crippen MR) is 78.7 cm³/mol. The quantitative estimate of drug-likeness (QED) is 0.552. The Morgan fingerprint density at radius 3 is 2.65 bits per heavy atom. The van der Waals surface area contributed by atoms with Gasteiger partial charge in [-0.15, -0.1) is 0 Å². The minimum Gasteiger partial charge on any atom is -0.463 e. The highest BCUT2D eigenvalue weighted by atomic mass is 16.5. The van der Waals surface area contributed by atoms with E-state index in [1.165, 1.54) is 19.3 Å². The molecule has 2 rings (SSSR count). The molecule has 1 fully saturated rings. The Labute approximate surface area is 119 Å². The van der Waals surface area contributed by atoms with E-state index in [0.717, 1.165) is 25.4 Å². The van der Waals surface area contributed by atoms with Gasteiger partial charge < -0.3 is 9.64 Å². The molecule has 0 amide bonds. The van der Waals surface area contributed by atoms with Gasteiger partial charge in [-0.05, 0) is 32.1 Å². The van der Waals surface area contributed by atoms with Crippen LogP contribution >= 0.6 is 0 Å². The van der Waals surface area contributed by atoms with E-state index in [1.807, 2.05) is 6.92 Å². The Bertz CT molecular complexity index is 423. The van der Waals surface area contributed by atoms with E-state index in [0.29, 0.717) is 24.5 Å². The lowest BCUT2D eigenvalue weighted by Gasteiger charge is -2.31. The fraction of sp³-hybridized carbons (Fsp3) is 0.769. The molecule has 0 bridgehead atoms. The Morgan fingerprint density at radius 1 is 1.30 bits per heavy atom. The van der Waals surface area contributed by atoms with Gasteiger partial charge in [-0.1, -0.05) is 13.3 Å². The molecule has 1 heterocycles. The van der Waals surface area contributed by atoms with Crippen LogP contribution in [0.4, 0.5) is 11.9 Å². The molecule has 1 aromatic heterocycles. The second-order valence-electron chi connectivity index (χ2n) is 5.07. The molecule has 3 N–H and O–H groups in total. The summed E-state index contributed by atoms with van der Waals surface area (Å²) in [6.07, 6.45) is 4.83. The lowest BCUT2D eigenvalue weighted by molar-refractivity contribution is 0.290. The normalized spacial score (nSPS) is 14.8. The molecule has 1 aliphatic rings. The highest BCUT2D eigenvalue weighted by molar-refractivity contribution is 5.37. The molecule has 7 nitrogen and oxygen atoms in total. The topological polar surface area (TPSA) is 89.2 Å². The summed E-state index contributed by atoms with van der Waals surface area (Å²) in [4.78, 5) is 15.0. The monoisotopic (exact) mass is 280 g/mol. The van der Waals surface area contributed by atoms with Crippen molar-refractivity contribution in [3.8, 4) is 6.01 Å². The Kier molecular flexibility index (Phi) is 5.34. The van der Waals surface area contributed by atoms with Gasteiger partial charge in [-0.25, -0.2) is 5.84 Å². The second kappa shape index (κ2) is 7.23. The predicted octanol–water partition coefficient (Wildman–Crippen LogP) is 1.57. The minimum absolute atomic E-state index is 0.330. The van der Waals surface area contributed by atoms with Crippen LogP contribution in [0, 0.1) is 5.92 Å². The largest absolute Gasteiger partial charge is 0.463 e. The summed E-state index contributed by atoms with van der Waals surface area (Å²) in [5.41, 5.74) is 2.48. The van der Waals surface area contributed by atoms with Crippen molar-refractivity contribution >= 4 is 11.9 Å². The molecular weight excluding hydrogens is 256 g/mol. The summed E-state index contributed by atoms with van der Waals surface area (Å²) < 4.78 is 5.49. The van der Waals surface area contributed by atoms with Crippen LogP contribution in [0.3, 0.4) is 0 Å². The molecule has 1 saturated carbocycles. The number of nitrogen functional groups attached to an aromatic ring is 1. The summed E-state index contributed by atoms with van der Waals surface area (Å²) in [5, 5.41) is 0. The number of nitrogens with zero attached hydrogens (tertiary/aromatic N) is 4. The molecule has 1 aliphatic carbocycles.